The number of aromatic nitrogens is 3. The van der Waals surface area contributed by atoms with Crippen LogP contribution in [0.25, 0.3) is 11.4 Å². The zero-order valence-corrected chi connectivity index (χ0v) is 11.2. The van der Waals surface area contributed by atoms with Crippen molar-refractivity contribution in [2.45, 2.75) is 39.8 Å². The molecule has 2 N–H and O–H groups in total. The minimum atomic E-state index is 0.304. The second kappa shape index (κ2) is 5.31. The van der Waals surface area contributed by atoms with Crippen molar-refractivity contribution in [1.29, 1.82) is 0 Å². The first-order valence-electron chi connectivity index (χ1n) is 6.41. The van der Waals surface area contributed by atoms with Crippen LogP contribution in [0, 0.1) is 0 Å². The summed E-state index contributed by atoms with van der Waals surface area (Å²) in [6.45, 7) is 6.82. The average molecular weight is 244 g/mol. The molecule has 4 nitrogen and oxygen atoms in total. The normalized spacial score (nSPS) is 11.2. The highest BCUT2D eigenvalue weighted by molar-refractivity contribution is 5.60. The van der Waals surface area contributed by atoms with Crippen molar-refractivity contribution < 1.29 is 0 Å². The summed E-state index contributed by atoms with van der Waals surface area (Å²) >= 11 is 0. The van der Waals surface area contributed by atoms with Gasteiger partial charge in [-0.1, -0.05) is 31.2 Å². The molecule has 1 aromatic heterocycles. The number of rotatable bonds is 4. The number of nitrogens with two attached hydrogens (primary N) is 1. The molecule has 0 aliphatic heterocycles. The Balaban J connectivity index is 2.60. The third kappa shape index (κ3) is 2.16. The van der Waals surface area contributed by atoms with E-state index in [4.69, 9.17) is 5.73 Å². The van der Waals surface area contributed by atoms with Crippen molar-refractivity contribution in [3.05, 3.63) is 35.7 Å². The summed E-state index contributed by atoms with van der Waals surface area (Å²) in [5.74, 6) is 1.76. The Labute approximate surface area is 108 Å². The van der Waals surface area contributed by atoms with E-state index in [2.05, 4.69) is 53.7 Å². The Morgan fingerprint density at radius 2 is 1.94 bits per heavy atom. The van der Waals surface area contributed by atoms with Gasteiger partial charge in [0.2, 0.25) is 0 Å². The summed E-state index contributed by atoms with van der Waals surface area (Å²) in [6.07, 6.45) is 0.985. The third-order valence-electron chi connectivity index (χ3n) is 3.10. The van der Waals surface area contributed by atoms with Crippen molar-refractivity contribution in [2.75, 3.05) is 0 Å². The fourth-order valence-corrected chi connectivity index (χ4v) is 2.24. The highest BCUT2D eigenvalue weighted by Crippen LogP contribution is 2.25. The summed E-state index contributed by atoms with van der Waals surface area (Å²) in [7, 11) is 0. The van der Waals surface area contributed by atoms with Crippen LogP contribution in [0.4, 0.5) is 0 Å². The molecule has 2 rings (SSSR count). The predicted octanol–water partition coefficient (Wildman–Crippen LogP) is 2.55. The second-order valence-corrected chi connectivity index (χ2v) is 4.62. The van der Waals surface area contributed by atoms with Crippen LogP contribution >= 0.6 is 0 Å². The Hall–Kier alpha value is -1.68. The number of hydrogen-bond donors (Lipinski definition) is 1. The molecule has 2 aromatic rings. The van der Waals surface area contributed by atoms with Crippen LogP contribution in [0.2, 0.25) is 0 Å². The largest absolute Gasteiger partial charge is 0.324 e. The van der Waals surface area contributed by atoms with Crippen LogP contribution in [0.15, 0.2) is 24.3 Å². The highest BCUT2D eigenvalue weighted by atomic mass is 15.3. The first-order chi connectivity index (χ1) is 8.69. The van der Waals surface area contributed by atoms with E-state index in [1.165, 1.54) is 5.56 Å². The molecule has 0 atom stereocenters. The maximum absolute atomic E-state index is 5.73. The molecular formula is C14H20N4. The Morgan fingerprint density at radius 1 is 1.22 bits per heavy atom. The van der Waals surface area contributed by atoms with Crippen molar-refractivity contribution >= 4 is 0 Å². The molecule has 0 aliphatic carbocycles. The second-order valence-electron chi connectivity index (χ2n) is 4.62. The van der Waals surface area contributed by atoms with E-state index in [1.54, 1.807) is 0 Å². The standard InChI is InChI=1S/C14H20N4/c1-4-11-7-5-6-8-12(11)14-17-16-13(9-15)18(14)10(2)3/h5-8,10H,4,9,15H2,1-3H3. The van der Waals surface area contributed by atoms with E-state index in [-0.39, 0.29) is 0 Å². The fraction of sp³-hybridized carbons (Fsp3) is 0.429. The molecule has 1 heterocycles. The predicted molar refractivity (Wildman–Crippen MR) is 73.1 cm³/mol. The minimum Gasteiger partial charge on any atom is -0.324 e. The molecule has 4 heteroatoms. The molecular weight excluding hydrogens is 224 g/mol. The molecule has 0 saturated carbocycles. The maximum atomic E-state index is 5.73. The van der Waals surface area contributed by atoms with E-state index < -0.39 is 0 Å². The van der Waals surface area contributed by atoms with Gasteiger partial charge in [-0.15, -0.1) is 10.2 Å². The van der Waals surface area contributed by atoms with Gasteiger partial charge >= 0.3 is 0 Å². The molecule has 0 aliphatic rings. The van der Waals surface area contributed by atoms with Gasteiger partial charge in [0.25, 0.3) is 0 Å². The van der Waals surface area contributed by atoms with Gasteiger partial charge < -0.3 is 10.3 Å². The SMILES string of the molecule is CCc1ccccc1-c1nnc(CN)n1C(C)C. The van der Waals surface area contributed by atoms with Crippen LogP contribution in [-0.4, -0.2) is 14.8 Å². The molecule has 0 spiro atoms. The topological polar surface area (TPSA) is 56.7 Å². The van der Waals surface area contributed by atoms with Crippen molar-refractivity contribution in [2.24, 2.45) is 5.73 Å². The van der Waals surface area contributed by atoms with Gasteiger partial charge in [-0.05, 0) is 25.8 Å². The smallest absolute Gasteiger partial charge is 0.164 e. The van der Waals surface area contributed by atoms with Gasteiger partial charge in [0.05, 0.1) is 6.54 Å². The monoisotopic (exact) mass is 244 g/mol. The summed E-state index contributed by atoms with van der Waals surface area (Å²) in [5.41, 5.74) is 8.17. The van der Waals surface area contributed by atoms with E-state index in [1.807, 2.05) is 6.07 Å². The summed E-state index contributed by atoms with van der Waals surface area (Å²) in [5, 5.41) is 8.52. The molecule has 1 aromatic carbocycles. The Bertz CT molecular complexity index is 528. The van der Waals surface area contributed by atoms with Gasteiger partial charge in [-0.25, -0.2) is 0 Å². The molecule has 96 valence electrons. The lowest BCUT2D eigenvalue weighted by Crippen LogP contribution is -2.12. The zero-order chi connectivity index (χ0) is 13.1. The van der Waals surface area contributed by atoms with Gasteiger partial charge in [-0.2, -0.15) is 0 Å². The Kier molecular flexibility index (Phi) is 3.77. The van der Waals surface area contributed by atoms with Gasteiger partial charge in [0.1, 0.15) is 5.82 Å². The maximum Gasteiger partial charge on any atom is 0.164 e. The van der Waals surface area contributed by atoms with Crippen LogP contribution < -0.4 is 5.73 Å². The zero-order valence-electron chi connectivity index (χ0n) is 11.2. The first-order valence-corrected chi connectivity index (χ1v) is 6.41. The van der Waals surface area contributed by atoms with Crippen molar-refractivity contribution in [3.63, 3.8) is 0 Å². The lowest BCUT2D eigenvalue weighted by molar-refractivity contribution is 0.574. The van der Waals surface area contributed by atoms with Crippen molar-refractivity contribution in [3.8, 4) is 11.4 Å². The third-order valence-corrected chi connectivity index (χ3v) is 3.10. The van der Waals surface area contributed by atoms with Gasteiger partial charge in [0.15, 0.2) is 5.82 Å². The number of nitrogens with zero attached hydrogens (tertiary/aromatic N) is 3. The Morgan fingerprint density at radius 3 is 2.56 bits per heavy atom. The van der Waals surface area contributed by atoms with Crippen LogP contribution in [0.3, 0.4) is 0 Å². The van der Waals surface area contributed by atoms with Crippen LogP contribution in [0.1, 0.15) is 38.2 Å². The lowest BCUT2D eigenvalue weighted by atomic mass is 10.0. The van der Waals surface area contributed by atoms with E-state index in [9.17, 15) is 0 Å². The van der Waals surface area contributed by atoms with E-state index >= 15 is 0 Å². The molecule has 0 fully saturated rings. The minimum absolute atomic E-state index is 0.304. The fourth-order valence-electron chi connectivity index (χ4n) is 2.24. The molecule has 0 bridgehead atoms. The first kappa shape index (κ1) is 12.8. The summed E-state index contributed by atoms with van der Waals surface area (Å²) < 4.78 is 2.12. The van der Waals surface area contributed by atoms with E-state index in [0.29, 0.717) is 12.6 Å². The molecule has 0 saturated heterocycles. The summed E-state index contributed by atoms with van der Waals surface area (Å²) in [6, 6.07) is 8.63. The van der Waals surface area contributed by atoms with Crippen molar-refractivity contribution in [1.82, 2.24) is 14.8 Å². The molecule has 0 unspecified atom stereocenters. The van der Waals surface area contributed by atoms with Gasteiger partial charge in [-0.3, -0.25) is 0 Å². The molecule has 0 amide bonds. The highest BCUT2D eigenvalue weighted by Gasteiger charge is 2.16. The molecule has 18 heavy (non-hydrogen) atoms. The number of benzene rings is 1. The van der Waals surface area contributed by atoms with Crippen LogP contribution in [0.5, 0.6) is 0 Å². The summed E-state index contributed by atoms with van der Waals surface area (Å²) in [4.78, 5) is 0. The van der Waals surface area contributed by atoms with Crippen LogP contribution in [-0.2, 0) is 13.0 Å². The molecule has 0 radical (unpaired) electrons. The number of aryl methyl sites for hydroxylation is 1. The van der Waals surface area contributed by atoms with E-state index in [0.717, 1.165) is 23.6 Å². The lowest BCUT2D eigenvalue weighted by Gasteiger charge is -2.15. The van der Waals surface area contributed by atoms with Gasteiger partial charge in [0, 0.05) is 11.6 Å². The number of hydrogen-bond acceptors (Lipinski definition) is 3. The average Bonchev–Trinajstić information content (AvgIpc) is 2.82. The quantitative estimate of drug-likeness (QED) is 0.899.